The van der Waals surface area contributed by atoms with Gasteiger partial charge in [0.05, 0.1) is 5.02 Å². The maximum atomic E-state index is 14.5. The Kier molecular flexibility index (Phi) is 3.02. The third kappa shape index (κ3) is 1.75. The van der Waals surface area contributed by atoms with Crippen molar-refractivity contribution in [3.63, 3.8) is 0 Å². The third-order valence-corrected chi connectivity index (χ3v) is 4.21. The Morgan fingerprint density at radius 3 is 2.90 bits per heavy atom. The summed E-state index contributed by atoms with van der Waals surface area (Å²) in [5, 5.41) is 8.95. The second-order valence-electron chi connectivity index (χ2n) is 5.00. The van der Waals surface area contributed by atoms with Gasteiger partial charge in [0.25, 0.3) is 5.91 Å². The van der Waals surface area contributed by atoms with Crippen LogP contribution in [0, 0.1) is 5.92 Å². The molecule has 5 nitrogen and oxygen atoms in total. The van der Waals surface area contributed by atoms with Gasteiger partial charge in [-0.25, -0.2) is 9.87 Å². The van der Waals surface area contributed by atoms with Crippen molar-refractivity contribution >= 4 is 17.5 Å². The highest BCUT2D eigenvalue weighted by Crippen LogP contribution is 2.61. The van der Waals surface area contributed by atoms with E-state index in [0.29, 0.717) is 35.3 Å². The van der Waals surface area contributed by atoms with Crippen molar-refractivity contribution in [1.82, 2.24) is 5.48 Å². The van der Waals surface area contributed by atoms with Crippen LogP contribution < -0.4 is 15.0 Å². The summed E-state index contributed by atoms with van der Waals surface area (Å²) in [5.41, 5.74) is -0.198. The fourth-order valence-corrected chi connectivity index (χ4v) is 3.07. The van der Waals surface area contributed by atoms with Gasteiger partial charge in [-0.3, -0.25) is 10.0 Å². The Morgan fingerprint density at radius 2 is 2.20 bits per heavy atom. The summed E-state index contributed by atoms with van der Waals surface area (Å²) in [5.74, 6) is -1.37. The zero-order valence-corrected chi connectivity index (χ0v) is 11.4. The van der Waals surface area contributed by atoms with Crippen molar-refractivity contribution in [2.75, 3.05) is 13.2 Å². The van der Waals surface area contributed by atoms with Gasteiger partial charge in [-0.15, -0.1) is 0 Å². The molecule has 108 valence electrons. The standard InChI is InChI=1S/C13H13ClFNO4/c1-6-10(13(6,15)12(17)16-18)7-4-8(14)11-9(5-7)19-2-3-20-11/h4-6,10,18H,2-3H2,1H3,(H,16,17). The monoisotopic (exact) mass is 301 g/mol. The minimum Gasteiger partial charge on any atom is -0.486 e. The van der Waals surface area contributed by atoms with Gasteiger partial charge < -0.3 is 9.47 Å². The van der Waals surface area contributed by atoms with Crippen molar-refractivity contribution in [3.05, 3.63) is 22.7 Å². The van der Waals surface area contributed by atoms with Crippen molar-refractivity contribution in [3.8, 4) is 11.5 Å². The number of hydrogen-bond donors (Lipinski definition) is 2. The van der Waals surface area contributed by atoms with E-state index in [1.807, 2.05) is 0 Å². The molecule has 3 atom stereocenters. The molecule has 1 aromatic carbocycles. The normalized spacial score (nSPS) is 30.8. The highest BCUT2D eigenvalue weighted by Gasteiger charge is 2.69. The molecular weight excluding hydrogens is 289 g/mol. The molecule has 1 fully saturated rings. The van der Waals surface area contributed by atoms with Crippen LogP contribution >= 0.6 is 11.6 Å². The van der Waals surface area contributed by atoms with E-state index in [4.69, 9.17) is 26.3 Å². The second kappa shape index (κ2) is 4.49. The van der Waals surface area contributed by atoms with Crippen LogP contribution in [0.15, 0.2) is 12.1 Å². The number of halogens is 2. The quantitative estimate of drug-likeness (QED) is 0.648. The minimum atomic E-state index is -2.12. The van der Waals surface area contributed by atoms with Crippen LogP contribution in [0.3, 0.4) is 0 Å². The number of fused-ring (bicyclic) bond motifs is 1. The SMILES string of the molecule is CC1C(c2cc(Cl)c3c(c2)OCCO3)C1(F)C(=O)NO. The van der Waals surface area contributed by atoms with Crippen molar-refractivity contribution in [1.29, 1.82) is 0 Å². The van der Waals surface area contributed by atoms with Crippen LogP contribution in [0.25, 0.3) is 0 Å². The molecule has 3 unspecified atom stereocenters. The number of hydrogen-bond acceptors (Lipinski definition) is 4. The average molecular weight is 302 g/mol. The molecule has 0 saturated heterocycles. The molecule has 1 heterocycles. The van der Waals surface area contributed by atoms with Crippen LogP contribution in [0.2, 0.25) is 5.02 Å². The highest BCUT2D eigenvalue weighted by molar-refractivity contribution is 6.32. The number of carbonyl (C=O) groups is 1. The summed E-state index contributed by atoms with van der Waals surface area (Å²) in [7, 11) is 0. The van der Waals surface area contributed by atoms with Gasteiger partial charge in [-0.05, 0) is 17.7 Å². The van der Waals surface area contributed by atoms with Crippen LogP contribution in [-0.4, -0.2) is 30.0 Å². The Labute approximate surface area is 119 Å². The summed E-state index contributed by atoms with van der Waals surface area (Å²) in [6, 6.07) is 3.20. The van der Waals surface area contributed by atoms with Gasteiger partial charge >= 0.3 is 0 Å². The number of nitrogens with one attached hydrogen (secondary N) is 1. The maximum absolute atomic E-state index is 14.5. The fourth-order valence-electron chi connectivity index (χ4n) is 2.80. The summed E-state index contributed by atoms with van der Waals surface area (Å²) in [4.78, 5) is 11.4. The van der Waals surface area contributed by atoms with Gasteiger partial charge in [0.1, 0.15) is 13.2 Å². The van der Waals surface area contributed by atoms with Crippen LogP contribution in [0.1, 0.15) is 18.4 Å². The Balaban J connectivity index is 1.97. The van der Waals surface area contributed by atoms with Crippen LogP contribution in [-0.2, 0) is 4.79 Å². The van der Waals surface area contributed by atoms with Gasteiger partial charge in [-0.2, -0.15) is 0 Å². The van der Waals surface area contributed by atoms with E-state index in [1.165, 1.54) is 5.48 Å². The number of carbonyl (C=O) groups excluding carboxylic acids is 1. The van der Waals surface area contributed by atoms with Gasteiger partial charge in [-0.1, -0.05) is 18.5 Å². The summed E-state index contributed by atoms with van der Waals surface area (Å²) in [6.45, 7) is 2.40. The number of benzene rings is 1. The Morgan fingerprint density at radius 1 is 1.50 bits per heavy atom. The molecule has 7 heteroatoms. The van der Waals surface area contributed by atoms with Crippen molar-refractivity contribution in [2.45, 2.75) is 18.5 Å². The van der Waals surface area contributed by atoms with Gasteiger partial charge in [0, 0.05) is 11.8 Å². The number of ether oxygens (including phenoxy) is 2. The predicted molar refractivity (Wildman–Crippen MR) is 68.1 cm³/mol. The first-order valence-electron chi connectivity index (χ1n) is 6.22. The summed E-state index contributed by atoms with van der Waals surface area (Å²) >= 11 is 6.10. The van der Waals surface area contributed by atoms with E-state index in [2.05, 4.69) is 0 Å². The molecule has 1 aliphatic heterocycles. The smallest absolute Gasteiger partial charge is 0.281 e. The minimum absolute atomic E-state index is 0.322. The lowest BCUT2D eigenvalue weighted by Crippen LogP contribution is -2.33. The number of amides is 1. The van der Waals surface area contributed by atoms with E-state index in [1.54, 1.807) is 19.1 Å². The van der Waals surface area contributed by atoms with Crippen LogP contribution in [0.5, 0.6) is 11.5 Å². The topological polar surface area (TPSA) is 67.8 Å². The van der Waals surface area contributed by atoms with E-state index in [0.717, 1.165) is 0 Å². The van der Waals surface area contributed by atoms with Crippen molar-refractivity contribution < 1.29 is 23.9 Å². The molecule has 1 aliphatic carbocycles. The molecule has 0 bridgehead atoms. The number of rotatable bonds is 2. The number of alkyl halides is 1. The lowest BCUT2D eigenvalue weighted by Gasteiger charge is -2.20. The highest BCUT2D eigenvalue weighted by atomic mass is 35.5. The second-order valence-corrected chi connectivity index (χ2v) is 5.41. The zero-order chi connectivity index (χ0) is 14.5. The molecule has 0 spiro atoms. The fraction of sp³-hybridized carbons (Fsp3) is 0.462. The maximum Gasteiger partial charge on any atom is 0.281 e. The van der Waals surface area contributed by atoms with Gasteiger partial charge in [0.2, 0.25) is 5.67 Å². The van der Waals surface area contributed by atoms with Crippen molar-refractivity contribution in [2.24, 2.45) is 5.92 Å². The van der Waals surface area contributed by atoms with Gasteiger partial charge in [0.15, 0.2) is 11.5 Å². The molecule has 20 heavy (non-hydrogen) atoms. The molecular formula is C13H13ClFNO4. The largest absolute Gasteiger partial charge is 0.486 e. The zero-order valence-electron chi connectivity index (χ0n) is 10.7. The molecule has 1 amide bonds. The van der Waals surface area contributed by atoms with E-state index >= 15 is 0 Å². The summed E-state index contributed by atoms with van der Waals surface area (Å²) < 4.78 is 25.3. The van der Waals surface area contributed by atoms with E-state index < -0.39 is 23.4 Å². The lowest BCUT2D eigenvalue weighted by molar-refractivity contribution is -0.136. The Hall–Kier alpha value is -1.53. The van der Waals surface area contributed by atoms with E-state index in [9.17, 15) is 9.18 Å². The number of hydroxylamine groups is 1. The molecule has 1 saturated carbocycles. The van der Waals surface area contributed by atoms with E-state index in [-0.39, 0.29) is 0 Å². The lowest BCUT2D eigenvalue weighted by atomic mass is 10.1. The van der Waals surface area contributed by atoms with Crippen LogP contribution in [0.4, 0.5) is 4.39 Å². The first-order valence-corrected chi connectivity index (χ1v) is 6.60. The molecule has 3 rings (SSSR count). The third-order valence-electron chi connectivity index (χ3n) is 3.93. The molecule has 2 N–H and O–H groups in total. The predicted octanol–water partition coefficient (Wildman–Crippen LogP) is 2.06. The summed E-state index contributed by atoms with van der Waals surface area (Å²) in [6.07, 6.45) is 0. The molecule has 2 aliphatic rings. The molecule has 1 aromatic rings. The Bertz CT molecular complexity index is 582. The average Bonchev–Trinajstić information content (AvgIpc) is 3.01. The molecule has 0 radical (unpaired) electrons. The first-order chi connectivity index (χ1) is 9.50. The first kappa shape index (κ1) is 13.5. The molecule has 0 aromatic heterocycles.